The predicted octanol–water partition coefficient (Wildman–Crippen LogP) is 3.58. The molecule has 2 aromatic rings. The zero-order valence-corrected chi connectivity index (χ0v) is 17.6. The van der Waals surface area contributed by atoms with E-state index in [4.69, 9.17) is 25.8 Å². The Bertz CT molecular complexity index is 1050. The van der Waals surface area contributed by atoms with Crippen molar-refractivity contribution < 1.29 is 19.4 Å². The summed E-state index contributed by atoms with van der Waals surface area (Å²) < 4.78 is 11.8. The summed E-state index contributed by atoms with van der Waals surface area (Å²) in [5.74, 6) is 0.278. The summed E-state index contributed by atoms with van der Waals surface area (Å²) in [6.45, 7) is 4.33. The molecule has 166 valence electrons. The third kappa shape index (κ3) is 4.74. The lowest BCUT2D eigenvalue weighted by Crippen LogP contribution is -2.45. The number of hydrogen-bond donors (Lipinski definition) is 2. The van der Waals surface area contributed by atoms with Crippen LogP contribution < -0.4 is 10.5 Å². The van der Waals surface area contributed by atoms with E-state index in [1.54, 1.807) is 30.3 Å². The van der Waals surface area contributed by atoms with Gasteiger partial charge >= 0.3 is 0 Å². The molecular formula is C23H25N5O4. The van der Waals surface area contributed by atoms with Crippen molar-refractivity contribution in [2.75, 3.05) is 13.2 Å². The fourth-order valence-corrected chi connectivity index (χ4v) is 3.58. The standard InChI is InChI=1S/C23H25N5O4/c1-2-12-23(22(24)30)20(19-7-4-3-6-17(19)15-26-28-25)32-21(27-23)16-8-10-18(11-9-16)31-14-5-13-29/h2-4,6-11,20,29H,1,5,12-15H2,(H2,24,30)/t20-,23-/m0/s1. The van der Waals surface area contributed by atoms with Crippen LogP contribution in [0.15, 0.2) is 71.3 Å². The maximum absolute atomic E-state index is 12.7. The first-order valence-corrected chi connectivity index (χ1v) is 10.2. The summed E-state index contributed by atoms with van der Waals surface area (Å²) >= 11 is 0. The van der Waals surface area contributed by atoms with Crippen LogP contribution in [0, 0.1) is 0 Å². The highest BCUT2D eigenvalue weighted by Gasteiger charge is 2.51. The number of nitrogens with zero attached hydrogens (tertiary/aromatic N) is 4. The summed E-state index contributed by atoms with van der Waals surface area (Å²) in [4.78, 5) is 20.1. The number of rotatable bonds is 11. The van der Waals surface area contributed by atoms with Crippen molar-refractivity contribution in [3.05, 3.63) is 88.3 Å². The van der Waals surface area contributed by atoms with E-state index in [2.05, 4.69) is 21.6 Å². The number of aliphatic hydroxyl groups excluding tert-OH is 1. The number of carbonyl (C=O) groups excluding carboxylic acids is 1. The number of aliphatic hydroxyl groups is 1. The van der Waals surface area contributed by atoms with Crippen LogP contribution in [0.4, 0.5) is 0 Å². The first-order valence-electron chi connectivity index (χ1n) is 10.2. The molecule has 0 radical (unpaired) electrons. The van der Waals surface area contributed by atoms with E-state index in [0.29, 0.717) is 35.5 Å². The van der Waals surface area contributed by atoms with Gasteiger partial charge in [0.05, 0.1) is 13.2 Å². The summed E-state index contributed by atoms with van der Waals surface area (Å²) in [5.41, 5.74) is 15.2. The van der Waals surface area contributed by atoms with Gasteiger partial charge in [-0.15, -0.1) is 6.58 Å². The van der Waals surface area contributed by atoms with Gasteiger partial charge in [-0.1, -0.05) is 35.5 Å². The number of ether oxygens (including phenoxy) is 2. The van der Waals surface area contributed by atoms with Gasteiger partial charge in [-0.3, -0.25) is 4.79 Å². The van der Waals surface area contributed by atoms with Crippen LogP contribution in [0.1, 0.15) is 35.6 Å². The van der Waals surface area contributed by atoms with Crippen LogP contribution in [0.25, 0.3) is 10.4 Å². The monoisotopic (exact) mass is 435 g/mol. The van der Waals surface area contributed by atoms with Gasteiger partial charge in [0, 0.05) is 29.9 Å². The summed E-state index contributed by atoms with van der Waals surface area (Å²) in [6.07, 6.45) is 1.49. The zero-order chi connectivity index (χ0) is 23.0. The van der Waals surface area contributed by atoms with Gasteiger partial charge in [-0.25, -0.2) is 4.99 Å². The molecule has 0 aliphatic carbocycles. The second kappa shape index (κ2) is 10.5. The van der Waals surface area contributed by atoms with Gasteiger partial charge in [0.1, 0.15) is 5.75 Å². The Hall–Kier alpha value is -3.81. The molecule has 0 bridgehead atoms. The fourth-order valence-electron chi connectivity index (χ4n) is 3.58. The first kappa shape index (κ1) is 22.9. The van der Waals surface area contributed by atoms with Crippen LogP contribution in [0.2, 0.25) is 0 Å². The van der Waals surface area contributed by atoms with E-state index in [9.17, 15) is 4.79 Å². The molecule has 3 rings (SSSR count). The minimum Gasteiger partial charge on any atom is -0.494 e. The normalized spacial score (nSPS) is 19.4. The van der Waals surface area contributed by atoms with Crippen molar-refractivity contribution in [1.29, 1.82) is 0 Å². The van der Waals surface area contributed by atoms with Crippen LogP contribution in [-0.2, 0) is 16.1 Å². The maximum atomic E-state index is 12.7. The van der Waals surface area contributed by atoms with E-state index < -0.39 is 17.6 Å². The third-order valence-corrected chi connectivity index (χ3v) is 5.16. The lowest BCUT2D eigenvalue weighted by Gasteiger charge is -2.29. The minimum absolute atomic E-state index is 0.0593. The average Bonchev–Trinajstić information content (AvgIpc) is 3.19. The molecule has 0 unspecified atom stereocenters. The molecular weight excluding hydrogens is 410 g/mol. The summed E-state index contributed by atoms with van der Waals surface area (Å²) in [7, 11) is 0. The number of azide groups is 1. The van der Waals surface area contributed by atoms with Gasteiger partial charge in [0.15, 0.2) is 11.6 Å². The number of amides is 1. The Labute approximate surface area is 185 Å². The molecule has 32 heavy (non-hydrogen) atoms. The number of aliphatic imine (C=N–C) groups is 1. The molecule has 2 atom stereocenters. The smallest absolute Gasteiger partial charge is 0.250 e. The molecule has 0 fully saturated rings. The quantitative estimate of drug-likeness (QED) is 0.183. The second-order valence-corrected chi connectivity index (χ2v) is 7.23. The van der Waals surface area contributed by atoms with Crippen molar-refractivity contribution in [2.24, 2.45) is 15.8 Å². The zero-order valence-electron chi connectivity index (χ0n) is 17.6. The molecule has 1 amide bonds. The van der Waals surface area contributed by atoms with Gasteiger partial charge in [0.2, 0.25) is 11.8 Å². The van der Waals surface area contributed by atoms with Crippen LogP contribution in [0.5, 0.6) is 5.75 Å². The molecule has 0 aromatic heterocycles. The largest absolute Gasteiger partial charge is 0.494 e. The molecule has 0 spiro atoms. The Balaban J connectivity index is 1.98. The molecule has 1 heterocycles. The summed E-state index contributed by atoms with van der Waals surface area (Å²) in [6, 6.07) is 14.3. The van der Waals surface area contributed by atoms with Crippen molar-refractivity contribution in [2.45, 2.75) is 31.0 Å². The highest BCUT2D eigenvalue weighted by atomic mass is 16.5. The Morgan fingerprint density at radius 1 is 1.34 bits per heavy atom. The average molecular weight is 435 g/mol. The van der Waals surface area contributed by atoms with Crippen molar-refractivity contribution >= 4 is 11.8 Å². The van der Waals surface area contributed by atoms with Gasteiger partial charge in [0.25, 0.3) is 0 Å². The molecule has 9 nitrogen and oxygen atoms in total. The maximum Gasteiger partial charge on any atom is 0.250 e. The SMILES string of the molecule is C=CC[C@]1(C(N)=O)N=C(c2ccc(OCCCO)cc2)O[C@H]1c1ccccc1CN=[N+]=[N-]. The number of nitrogens with two attached hydrogens (primary N) is 1. The second-order valence-electron chi connectivity index (χ2n) is 7.23. The van der Waals surface area contributed by atoms with E-state index in [1.165, 1.54) is 0 Å². The number of hydrogen-bond acceptors (Lipinski definition) is 6. The molecule has 9 heteroatoms. The highest BCUT2D eigenvalue weighted by Crippen LogP contribution is 2.43. The van der Waals surface area contributed by atoms with E-state index in [0.717, 1.165) is 0 Å². The lowest BCUT2D eigenvalue weighted by molar-refractivity contribution is -0.125. The van der Waals surface area contributed by atoms with Crippen LogP contribution in [-0.4, -0.2) is 35.7 Å². The highest BCUT2D eigenvalue weighted by molar-refractivity contribution is 6.00. The lowest BCUT2D eigenvalue weighted by atomic mass is 9.83. The number of carbonyl (C=O) groups is 1. The van der Waals surface area contributed by atoms with Crippen LogP contribution in [0.3, 0.4) is 0 Å². The first-order chi connectivity index (χ1) is 15.6. The Kier molecular flexibility index (Phi) is 7.49. The van der Waals surface area contributed by atoms with E-state index in [-0.39, 0.29) is 25.5 Å². The Morgan fingerprint density at radius 3 is 2.75 bits per heavy atom. The molecule has 2 aromatic carbocycles. The van der Waals surface area contributed by atoms with Crippen LogP contribution >= 0.6 is 0 Å². The molecule has 1 aliphatic rings. The molecule has 0 saturated heterocycles. The van der Waals surface area contributed by atoms with E-state index in [1.807, 2.05) is 24.3 Å². The molecule has 1 aliphatic heterocycles. The Morgan fingerprint density at radius 2 is 2.09 bits per heavy atom. The number of benzene rings is 2. The topological polar surface area (TPSA) is 143 Å². The molecule has 3 N–H and O–H groups in total. The predicted molar refractivity (Wildman–Crippen MR) is 120 cm³/mol. The fraction of sp³-hybridized carbons (Fsp3) is 0.304. The minimum atomic E-state index is -1.39. The van der Waals surface area contributed by atoms with Crippen molar-refractivity contribution in [1.82, 2.24) is 0 Å². The molecule has 0 saturated carbocycles. The van der Waals surface area contributed by atoms with E-state index >= 15 is 0 Å². The number of primary amides is 1. The third-order valence-electron chi connectivity index (χ3n) is 5.16. The van der Waals surface area contributed by atoms with Gasteiger partial charge in [-0.2, -0.15) is 0 Å². The van der Waals surface area contributed by atoms with Gasteiger partial charge < -0.3 is 20.3 Å². The van der Waals surface area contributed by atoms with Crippen molar-refractivity contribution in [3.8, 4) is 5.75 Å². The van der Waals surface area contributed by atoms with Gasteiger partial charge in [-0.05, 0) is 40.9 Å². The van der Waals surface area contributed by atoms with Crippen molar-refractivity contribution in [3.63, 3.8) is 0 Å². The summed E-state index contributed by atoms with van der Waals surface area (Å²) in [5, 5.41) is 12.5.